The summed E-state index contributed by atoms with van der Waals surface area (Å²) < 4.78 is 13.7. The van der Waals surface area contributed by atoms with Crippen LogP contribution in [0.15, 0.2) is 30.5 Å². The van der Waals surface area contributed by atoms with Gasteiger partial charge in [0.1, 0.15) is 0 Å². The van der Waals surface area contributed by atoms with E-state index in [0.717, 1.165) is 12.6 Å². The molecule has 146 valence electrons. The number of aliphatic hydroxyl groups excluding tert-OH is 1. The molecule has 0 atom stereocenters. The van der Waals surface area contributed by atoms with Crippen molar-refractivity contribution in [3.05, 3.63) is 36.3 Å². The number of carbonyl (C=O) groups excluding carboxylic acids is 1. The van der Waals surface area contributed by atoms with Crippen LogP contribution < -0.4 is 21.3 Å². The topological polar surface area (TPSA) is 111 Å². The van der Waals surface area contributed by atoms with Gasteiger partial charge in [-0.15, -0.1) is 0 Å². The number of hydrogen-bond acceptors (Lipinski definition) is 6. The summed E-state index contributed by atoms with van der Waals surface area (Å²) in [5.74, 6) is -0.429. The number of nitrogens with one attached hydrogen (secondary N) is 4. The molecular formula is C18H25FN6O2. The summed E-state index contributed by atoms with van der Waals surface area (Å²) in [4.78, 5) is 20.0. The van der Waals surface area contributed by atoms with Crippen molar-refractivity contribution < 1.29 is 14.3 Å². The highest BCUT2D eigenvalue weighted by atomic mass is 19.1. The summed E-state index contributed by atoms with van der Waals surface area (Å²) in [7, 11) is 0. The molecule has 1 aromatic carbocycles. The van der Waals surface area contributed by atoms with E-state index in [1.165, 1.54) is 0 Å². The summed E-state index contributed by atoms with van der Waals surface area (Å²) in [5, 5.41) is 20.1. The van der Waals surface area contributed by atoms with Crippen molar-refractivity contribution in [3.63, 3.8) is 0 Å². The first-order valence-electron chi connectivity index (χ1n) is 8.66. The van der Waals surface area contributed by atoms with Gasteiger partial charge in [-0.3, -0.25) is 0 Å². The molecule has 2 rings (SSSR count). The predicted molar refractivity (Wildman–Crippen MR) is 104 cm³/mol. The number of rotatable bonds is 8. The lowest BCUT2D eigenvalue weighted by Gasteiger charge is -2.24. The van der Waals surface area contributed by atoms with E-state index >= 15 is 0 Å². The third-order valence-corrected chi connectivity index (χ3v) is 3.86. The molecule has 2 amide bonds. The highest BCUT2D eigenvalue weighted by Gasteiger charge is 2.17. The van der Waals surface area contributed by atoms with Crippen molar-refractivity contribution in [3.8, 4) is 0 Å². The Morgan fingerprint density at radius 1 is 1.30 bits per heavy atom. The molecule has 0 spiro atoms. The van der Waals surface area contributed by atoms with Crippen LogP contribution in [0.25, 0.3) is 0 Å². The minimum Gasteiger partial charge on any atom is -0.395 e. The Morgan fingerprint density at radius 3 is 2.74 bits per heavy atom. The highest BCUT2D eigenvalue weighted by Crippen LogP contribution is 2.20. The summed E-state index contributed by atoms with van der Waals surface area (Å²) in [6.07, 6.45) is 1.84. The summed E-state index contributed by atoms with van der Waals surface area (Å²) in [6.45, 7) is 5.92. The fraction of sp³-hybridized carbons (Fsp3) is 0.389. The maximum atomic E-state index is 13.7. The zero-order valence-corrected chi connectivity index (χ0v) is 15.6. The van der Waals surface area contributed by atoms with Gasteiger partial charge in [-0.05, 0) is 38.5 Å². The van der Waals surface area contributed by atoms with E-state index in [9.17, 15) is 9.18 Å². The zero-order valence-electron chi connectivity index (χ0n) is 15.6. The van der Waals surface area contributed by atoms with Gasteiger partial charge in [-0.2, -0.15) is 4.98 Å². The van der Waals surface area contributed by atoms with Crippen molar-refractivity contribution in [2.45, 2.75) is 32.7 Å². The molecule has 27 heavy (non-hydrogen) atoms. The smallest absolute Gasteiger partial charge is 0.319 e. The lowest BCUT2D eigenvalue weighted by Crippen LogP contribution is -2.45. The maximum Gasteiger partial charge on any atom is 0.319 e. The number of carbonyl (C=O) groups is 1. The second kappa shape index (κ2) is 9.13. The van der Waals surface area contributed by atoms with Crippen molar-refractivity contribution in [2.75, 3.05) is 29.1 Å². The van der Waals surface area contributed by atoms with Crippen LogP contribution in [-0.4, -0.2) is 39.8 Å². The predicted octanol–water partition coefficient (Wildman–Crippen LogP) is 3.07. The average molecular weight is 376 g/mol. The summed E-state index contributed by atoms with van der Waals surface area (Å²) in [6, 6.07) is 6.70. The molecule has 0 fully saturated rings. The number of urea groups is 1. The zero-order chi connectivity index (χ0) is 19.9. The first-order valence-corrected chi connectivity index (χ1v) is 8.66. The van der Waals surface area contributed by atoms with Gasteiger partial charge in [0.25, 0.3) is 0 Å². The number of anilines is 4. The molecule has 0 aliphatic rings. The summed E-state index contributed by atoms with van der Waals surface area (Å²) in [5.41, 5.74) is 0.910. The number of amides is 2. The standard InChI is InChI=1S/C18H25FN6O2/c1-4-18(2,3)25-17(27)23-13-7-5-6-12(10-13)22-16-21-11-14(19)15(24-16)20-8-9-26/h5-7,10-11,26H,4,8-9H2,1-3H3,(H2,23,25,27)(H2,20,21,22,24). The molecule has 0 radical (unpaired) electrons. The van der Waals surface area contributed by atoms with Crippen LogP contribution in [0.5, 0.6) is 0 Å². The first-order chi connectivity index (χ1) is 12.8. The van der Waals surface area contributed by atoms with Crippen molar-refractivity contribution in [1.82, 2.24) is 15.3 Å². The number of aliphatic hydroxyl groups is 1. The Kier molecular flexibility index (Phi) is 6.89. The van der Waals surface area contributed by atoms with Crippen molar-refractivity contribution in [2.24, 2.45) is 0 Å². The Bertz CT molecular complexity index is 784. The number of benzene rings is 1. The number of nitrogens with zero attached hydrogens (tertiary/aromatic N) is 2. The van der Waals surface area contributed by atoms with Gasteiger partial charge >= 0.3 is 6.03 Å². The van der Waals surface area contributed by atoms with Gasteiger partial charge in [-0.25, -0.2) is 14.2 Å². The molecular weight excluding hydrogens is 351 g/mol. The Hall–Kier alpha value is -2.94. The molecule has 0 aliphatic carbocycles. The average Bonchev–Trinajstić information content (AvgIpc) is 2.62. The molecule has 1 aromatic heterocycles. The van der Waals surface area contributed by atoms with Gasteiger partial charge in [0.05, 0.1) is 12.8 Å². The van der Waals surface area contributed by atoms with E-state index < -0.39 is 5.82 Å². The quantitative estimate of drug-likeness (QED) is 0.484. The van der Waals surface area contributed by atoms with Crippen LogP contribution in [0.4, 0.5) is 32.3 Å². The lowest BCUT2D eigenvalue weighted by molar-refractivity contribution is 0.240. The van der Waals surface area contributed by atoms with Gasteiger partial charge in [0.15, 0.2) is 11.6 Å². The second-order valence-electron chi connectivity index (χ2n) is 6.56. The van der Waals surface area contributed by atoms with Crippen molar-refractivity contribution >= 4 is 29.2 Å². The Labute approximate surface area is 157 Å². The van der Waals surface area contributed by atoms with E-state index in [1.807, 2.05) is 20.8 Å². The summed E-state index contributed by atoms with van der Waals surface area (Å²) >= 11 is 0. The second-order valence-corrected chi connectivity index (χ2v) is 6.56. The van der Waals surface area contributed by atoms with Crippen LogP contribution in [0, 0.1) is 5.82 Å². The first kappa shape index (κ1) is 20.4. The molecule has 9 heteroatoms. The Morgan fingerprint density at radius 2 is 2.04 bits per heavy atom. The third-order valence-electron chi connectivity index (χ3n) is 3.86. The van der Waals surface area contributed by atoms with Gasteiger partial charge in [0.2, 0.25) is 5.95 Å². The van der Waals surface area contributed by atoms with Crippen LogP contribution >= 0.6 is 0 Å². The number of aromatic nitrogens is 2. The molecule has 0 aliphatic heterocycles. The fourth-order valence-electron chi connectivity index (χ4n) is 2.09. The molecule has 0 unspecified atom stereocenters. The van der Waals surface area contributed by atoms with E-state index in [-0.39, 0.29) is 36.5 Å². The molecule has 0 bridgehead atoms. The third kappa shape index (κ3) is 6.37. The largest absolute Gasteiger partial charge is 0.395 e. The van der Waals surface area contributed by atoms with Crippen LogP contribution in [0.1, 0.15) is 27.2 Å². The van der Waals surface area contributed by atoms with E-state index in [2.05, 4.69) is 31.2 Å². The fourth-order valence-corrected chi connectivity index (χ4v) is 2.09. The number of hydrogen-bond donors (Lipinski definition) is 5. The minimum atomic E-state index is -0.611. The van der Waals surface area contributed by atoms with E-state index in [4.69, 9.17) is 5.11 Å². The molecule has 0 saturated carbocycles. The normalized spacial score (nSPS) is 11.0. The SMILES string of the molecule is CCC(C)(C)NC(=O)Nc1cccc(Nc2ncc(F)c(NCCO)n2)c1. The Balaban J connectivity index is 2.06. The van der Waals surface area contributed by atoms with E-state index in [1.54, 1.807) is 24.3 Å². The number of halogens is 1. The van der Waals surface area contributed by atoms with Gasteiger partial charge in [0, 0.05) is 23.5 Å². The monoisotopic (exact) mass is 376 g/mol. The molecule has 1 heterocycles. The van der Waals surface area contributed by atoms with Crippen molar-refractivity contribution in [1.29, 1.82) is 0 Å². The molecule has 5 N–H and O–H groups in total. The highest BCUT2D eigenvalue weighted by molar-refractivity contribution is 5.90. The van der Waals surface area contributed by atoms with Crippen LogP contribution in [0.3, 0.4) is 0 Å². The van der Waals surface area contributed by atoms with Crippen LogP contribution in [0.2, 0.25) is 0 Å². The molecule has 2 aromatic rings. The maximum absolute atomic E-state index is 13.7. The molecule has 0 saturated heterocycles. The van der Waals surface area contributed by atoms with Gasteiger partial charge < -0.3 is 26.4 Å². The molecule has 8 nitrogen and oxygen atoms in total. The lowest BCUT2D eigenvalue weighted by atomic mass is 10.0. The minimum absolute atomic E-state index is 0.00277. The van der Waals surface area contributed by atoms with Crippen LogP contribution in [-0.2, 0) is 0 Å². The van der Waals surface area contributed by atoms with E-state index in [0.29, 0.717) is 11.4 Å². The van der Waals surface area contributed by atoms with Gasteiger partial charge in [-0.1, -0.05) is 13.0 Å².